The summed E-state index contributed by atoms with van der Waals surface area (Å²) in [5.74, 6) is -0.0600. The van der Waals surface area contributed by atoms with Gasteiger partial charge in [0.1, 0.15) is 6.10 Å². The van der Waals surface area contributed by atoms with E-state index < -0.39 is 11.0 Å². The number of nitrogens with zero attached hydrogens (tertiary/aromatic N) is 1. The normalized spacial score (nSPS) is 19.4. The predicted octanol–water partition coefficient (Wildman–Crippen LogP) is 2.94. The van der Waals surface area contributed by atoms with Gasteiger partial charge in [-0.3, -0.25) is 14.9 Å². The van der Waals surface area contributed by atoms with Crippen LogP contribution in [0.1, 0.15) is 38.4 Å². The highest BCUT2D eigenvalue weighted by atomic mass is 16.6. The lowest BCUT2D eigenvalue weighted by atomic mass is 9.77. The zero-order chi connectivity index (χ0) is 14.9. The number of hydrogen-bond donors (Lipinski definition) is 1. The SMILES string of the molecule is CC1(C)C=C(C(O)c2ccc([N+](=O)[O-])cc2)C(=O)CC1. The van der Waals surface area contributed by atoms with Gasteiger partial charge < -0.3 is 5.11 Å². The quantitative estimate of drug-likeness (QED) is 0.679. The number of allylic oxidation sites excluding steroid dienone is 1. The van der Waals surface area contributed by atoms with E-state index in [2.05, 4.69) is 0 Å². The second kappa shape index (κ2) is 5.17. The fraction of sp³-hybridized carbons (Fsp3) is 0.400. The summed E-state index contributed by atoms with van der Waals surface area (Å²) in [6, 6.07) is 5.63. The van der Waals surface area contributed by atoms with E-state index in [0.29, 0.717) is 17.6 Å². The van der Waals surface area contributed by atoms with E-state index in [9.17, 15) is 20.0 Å². The molecular weight excluding hydrogens is 258 g/mol. The number of ketones is 1. The van der Waals surface area contributed by atoms with E-state index in [-0.39, 0.29) is 16.9 Å². The zero-order valence-electron chi connectivity index (χ0n) is 11.5. The van der Waals surface area contributed by atoms with Crippen molar-refractivity contribution < 1.29 is 14.8 Å². The van der Waals surface area contributed by atoms with Crippen molar-refractivity contribution in [2.24, 2.45) is 5.41 Å². The summed E-state index contributed by atoms with van der Waals surface area (Å²) in [5.41, 5.74) is 0.721. The first-order valence-corrected chi connectivity index (χ1v) is 6.48. The Bertz CT molecular complexity index is 572. The summed E-state index contributed by atoms with van der Waals surface area (Å²) >= 11 is 0. The number of carbonyl (C=O) groups is 1. The lowest BCUT2D eigenvalue weighted by Crippen LogP contribution is -2.23. The largest absolute Gasteiger partial charge is 0.384 e. The molecule has 106 valence electrons. The summed E-state index contributed by atoms with van der Waals surface area (Å²) in [5, 5.41) is 20.9. The third kappa shape index (κ3) is 2.93. The van der Waals surface area contributed by atoms with Gasteiger partial charge in [0.2, 0.25) is 0 Å². The topological polar surface area (TPSA) is 80.4 Å². The number of non-ortho nitro benzene ring substituents is 1. The molecule has 1 unspecified atom stereocenters. The number of aliphatic hydroxyl groups excluding tert-OH is 1. The van der Waals surface area contributed by atoms with Crippen LogP contribution < -0.4 is 0 Å². The van der Waals surface area contributed by atoms with Crippen molar-refractivity contribution in [3.8, 4) is 0 Å². The maximum absolute atomic E-state index is 11.9. The third-order valence-corrected chi connectivity index (χ3v) is 3.58. The number of hydrogen-bond acceptors (Lipinski definition) is 4. The van der Waals surface area contributed by atoms with Gasteiger partial charge in [0.25, 0.3) is 5.69 Å². The highest BCUT2D eigenvalue weighted by molar-refractivity contribution is 5.97. The van der Waals surface area contributed by atoms with Crippen molar-refractivity contribution in [2.45, 2.75) is 32.8 Å². The second-order valence-electron chi connectivity index (χ2n) is 5.76. The Morgan fingerprint density at radius 1 is 1.30 bits per heavy atom. The first kappa shape index (κ1) is 14.4. The molecule has 0 bridgehead atoms. The maximum Gasteiger partial charge on any atom is 0.269 e. The number of aliphatic hydroxyl groups is 1. The number of benzene rings is 1. The van der Waals surface area contributed by atoms with E-state index >= 15 is 0 Å². The predicted molar refractivity (Wildman–Crippen MR) is 74.2 cm³/mol. The van der Waals surface area contributed by atoms with Gasteiger partial charge in [-0.2, -0.15) is 0 Å². The lowest BCUT2D eigenvalue weighted by Gasteiger charge is -2.28. The minimum atomic E-state index is -1.03. The van der Waals surface area contributed by atoms with E-state index in [1.165, 1.54) is 24.3 Å². The summed E-state index contributed by atoms with van der Waals surface area (Å²) in [4.78, 5) is 22.0. The highest BCUT2D eigenvalue weighted by Gasteiger charge is 2.30. The van der Waals surface area contributed by atoms with Crippen molar-refractivity contribution in [3.63, 3.8) is 0 Å². The highest BCUT2D eigenvalue weighted by Crippen LogP contribution is 2.36. The van der Waals surface area contributed by atoms with Gasteiger partial charge in [0, 0.05) is 24.1 Å². The maximum atomic E-state index is 11.9. The Hall–Kier alpha value is -2.01. The fourth-order valence-electron chi connectivity index (χ4n) is 2.34. The summed E-state index contributed by atoms with van der Waals surface area (Å²) < 4.78 is 0. The molecule has 20 heavy (non-hydrogen) atoms. The first-order chi connectivity index (χ1) is 9.30. The monoisotopic (exact) mass is 275 g/mol. The van der Waals surface area contributed by atoms with E-state index in [4.69, 9.17) is 0 Å². The minimum absolute atomic E-state index is 0.0368. The van der Waals surface area contributed by atoms with E-state index in [1.807, 2.05) is 19.9 Å². The van der Waals surface area contributed by atoms with Crippen molar-refractivity contribution in [1.29, 1.82) is 0 Å². The molecular formula is C15H17NO4. The summed E-state index contributed by atoms with van der Waals surface area (Å²) in [6.07, 6.45) is 1.97. The molecule has 0 saturated heterocycles. The fourth-order valence-corrected chi connectivity index (χ4v) is 2.34. The average molecular weight is 275 g/mol. The number of nitro groups is 1. The van der Waals surface area contributed by atoms with Gasteiger partial charge in [-0.05, 0) is 29.5 Å². The Morgan fingerprint density at radius 2 is 1.90 bits per heavy atom. The molecule has 0 saturated carbocycles. The molecule has 0 radical (unpaired) electrons. The minimum Gasteiger partial charge on any atom is -0.384 e. The standard InChI is InChI=1S/C15H17NO4/c1-15(2)8-7-13(17)12(9-15)14(18)10-3-5-11(6-4-10)16(19)20/h3-6,9,14,18H,7-8H2,1-2H3. The van der Waals surface area contributed by atoms with Crippen LogP contribution in [0.5, 0.6) is 0 Å². The van der Waals surface area contributed by atoms with Crippen LogP contribution in [0.25, 0.3) is 0 Å². The number of rotatable bonds is 3. The number of Topliss-reactive ketones (excluding diaryl/α,β-unsaturated/α-hetero) is 1. The number of nitro benzene ring substituents is 1. The Balaban J connectivity index is 2.30. The molecule has 1 atom stereocenters. The molecule has 1 N–H and O–H groups in total. The molecule has 5 nitrogen and oxygen atoms in total. The van der Waals surface area contributed by atoms with Gasteiger partial charge in [0.05, 0.1) is 4.92 Å². The van der Waals surface area contributed by atoms with Crippen molar-refractivity contribution in [1.82, 2.24) is 0 Å². The van der Waals surface area contributed by atoms with E-state index in [1.54, 1.807) is 0 Å². The molecule has 0 aliphatic heterocycles. The van der Waals surface area contributed by atoms with E-state index in [0.717, 1.165) is 6.42 Å². The van der Waals surface area contributed by atoms with Gasteiger partial charge in [-0.15, -0.1) is 0 Å². The molecule has 1 aliphatic rings. The van der Waals surface area contributed by atoms with Gasteiger partial charge >= 0.3 is 0 Å². The molecule has 0 fully saturated rings. The molecule has 1 aromatic carbocycles. The number of carbonyl (C=O) groups excluding carboxylic acids is 1. The Labute approximate surface area is 117 Å². The molecule has 0 heterocycles. The van der Waals surface area contributed by atoms with Gasteiger partial charge in [-0.1, -0.05) is 19.9 Å². The zero-order valence-corrected chi connectivity index (χ0v) is 11.5. The first-order valence-electron chi connectivity index (χ1n) is 6.48. The third-order valence-electron chi connectivity index (χ3n) is 3.58. The molecule has 1 aromatic rings. The van der Waals surface area contributed by atoms with Crippen LogP contribution in [0.3, 0.4) is 0 Å². The Kier molecular flexibility index (Phi) is 3.72. The molecule has 0 spiro atoms. The average Bonchev–Trinajstić information content (AvgIpc) is 2.41. The smallest absolute Gasteiger partial charge is 0.269 e. The molecule has 5 heteroatoms. The van der Waals surface area contributed by atoms with Crippen LogP contribution in [-0.4, -0.2) is 15.8 Å². The Morgan fingerprint density at radius 3 is 2.45 bits per heavy atom. The van der Waals surface area contributed by atoms with Gasteiger partial charge in [0.15, 0.2) is 5.78 Å². The summed E-state index contributed by atoms with van der Waals surface area (Å²) in [6.45, 7) is 4.03. The second-order valence-corrected chi connectivity index (χ2v) is 5.76. The molecule has 2 rings (SSSR count). The van der Waals surface area contributed by atoms with Crippen LogP contribution >= 0.6 is 0 Å². The van der Waals surface area contributed by atoms with Crippen molar-refractivity contribution in [3.05, 3.63) is 51.6 Å². The summed E-state index contributed by atoms with van der Waals surface area (Å²) in [7, 11) is 0. The van der Waals surface area contributed by atoms with Crippen LogP contribution in [0.4, 0.5) is 5.69 Å². The molecule has 1 aliphatic carbocycles. The molecule has 0 aromatic heterocycles. The van der Waals surface area contributed by atoms with Crippen molar-refractivity contribution in [2.75, 3.05) is 0 Å². The van der Waals surface area contributed by atoms with Crippen LogP contribution in [0.2, 0.25) is 0 Å². The van der Waals surface area contributed by atoms with Gasteiger partial charge in [-0.25, -0.2) is 0 Å². The van der Waals surface area contributed by atoms with Crippen molar-refractivity contribution >= 4 is 11.5 Å². The van der Waals surface area contributed by atoms with Crippen LogP contribution in [0.15, 0.2) is 35.9 Å². The molecule has 0 amide bonds. The van der Waals surface area contributed by atoms with Crippen LogP contribution in [0, 0.1) is 15.5 Å². The van der Waals surface area contributed by atoms with Crippen LogP contribution in [-0.2, 0) is 4.79 Å². The lowest BCUT2D eigenvalue weighted by molar-refractivity contribution is -0.384.